The van der Waals surface area contributed by atoms with Crippen molar-refractivity contribution in [3.8, 4) is 0 Å². The topological polar surface area (TPSA) is 66.4 Å². The van der Waals surface area contributed by atoms with Crippen LogP contribution in [0.3, 0.4) is 0 Å². The zero-order chi connectivity index (χ0) is 12.4. The Balaban J connectivity index is 0.000000325. The van der Waals surface area contributed by atoms with Crippen LogP contribution < -0.4 is 5.32 Å². The minimum Gasteiger partial charge on any atom is -0.481 e. The Bertz CT molecular complexity index is 261. The number of amides is 1. The number of hydrogen-bond donors (Lipinski definition) is 2. The molecule has 4 heteroatoms. The molecule has 0 radical (unpaired) electrons. The number of nitrogens with one attached hydrogen (secondary N) is 1. The zero-order valence-electron chi connectivity index (χ0n) is 9.45. The summed E-state index contributed by atoms with van der Waals surface area (Å²) in [5, 5.41) is 10.7. The molecule has 0 aromatic heterocycles. The summed E-state index contributed by atoms with van der Waals surface area (Å²) in [6, 6.07) is 0. The van der Waals surface area contributed by atoms with E-state index < -0.39 is 5.97 Å². The molecule has 0 bridgehead atoms. The van der Waals surface area contributed by atoms with Crippen LogP contribution in [0.15, 0.2) is 25.3 Å². The Morgan fingerprint density at radius 2 is 2.19 bits per heavy atom. The van der Waals surface area contributed by atoms with Crippen LogP contribution in [0.1, 0.15) is 25.7 Å². The highest BCUT2D eigenvalue weighted by molar-refractivity contribution is 5.80. The third kappa shape index (κ3) is 6.81. The van der Waals surface area contributed by atoms with Gasteiger partial charge in [0.15, 0.2) is 0 Å². The summed E-state index contributed by atoms with van der Waals surface area (Å²) >= 11 is 0. The van der Waals surface area contributed by atoms with Crippen LogP contribution in [0.25, 0.3) is 0 Å². The molecule has 1 amide bonds. The van der Waals surface area contributed by atoms with E-state index in [1.807, 2.05) is 0 Å². The van der Waals surface area contributed by atoms with E-state index in [1.54, 1.807) is 6.08 Å². The summed E-state index contributed by atoms with van der Waals surface area (Å²) in [6.07, 6.45) is 6.35. The van der Waals surface area contributed by atoms with Gasteiger partial charge in [-0.05, 0) is 12.8 Å². The number of rotatable bonds is 3. The molecule has 0 spiro atoms. The molecule has 1 rings (SSSR count). The van der Waals surface area contributed by atoms with E-state index in [4.69, 9.17) is 5.11 Å². The molecule has 16 heavy (non-hydrogen) atoms. The van der Waals surface area contributed by atoms with E-state index in [0.717, 1.165) is 25.8 Å². The van der Waals surface area contributed by atoms with E-state index in [2.05, 4.69) is 18.5 Å². The second kappa shape index (κ2) is 8.71. The van der Waals surface area contributed by atoms with Crippen molar-refractivity contribution in [1.82, 2.24) is 5.32 Å². The predicted octanol–water partition coefficient (Wildman–Crippen LogP) is 1.74. The Morgan fingerprint density at radius 1 is 1.50 bits per heavy atom. The fourth-order valence-corrected chi connectivity index (χ4v) is 1.31. The van der Waals surface area contributed by atoms with Crippen LogP contribution in [0.5, 0.6) is 0 Å². The molecule has 1 fully saturated rings. The van der Waals surface area contributed by atoms with Gasteiger partial charge in [0, 0.05) is 6.54 Å². The molecule has 90 valence electrons. The van der Waals surface area contributed by atoms with E-state index in [9.17, 15) is 9.59 Å². The molecule has 1 unspecified atom stereocenters. The number of aliphatic carboxylic acids is 1. The van der Waals surface area contributed by atoms with Crippen molar-refractivity contribution in [2.24, 2.45) is 5.92 Å². The molecular formula is C12H19NO3. The van der Waals surface area contributed by atoms with Crippen LogP contribution in [0.4, 0.5) is 0 Å². The van der Waals surface area contributed by atoms with Gasteiger partial charge in [-0.1, -0.05) is 18.6 Å². The normalized spacial score (nSPS) is 19.5. The monoisotopic (exact) mass is 225 g/mol. The van der Waals surface area contributed by atoms with Crippen molar-refractivity contribution < 1.29 is 14.7 Å². The van der Waals surface area contributed by atoms with Gasteiger partial charge in [0.1, 0.15) is 0 Å². The number of carboxylic acid groups (broad SMARTS) is 1. The maximum atomic E-state index is 11.1. The quantitative estimate of drug-likeness (QED) is 0.719. The van der Waals surface area contributed by atoms with Gasteiger partial charge in [0.2, 0.25) is 5.91 Å². The van der Waals surface area contributed by atoms with Crippen LogP contribution in [-0.2, 0) is 9.59 Å². The number of carboxylic acids is 1. The first-order valence-corrected chi connectivity index (χ1v) is 5.34. The molecule has 1 aliphatic rings. The first-order valence-electron chi connectivity index (χ1n) is 5.34. The van der Waals surface area contributed by atoms with Gasteiger partial charge in [0.25, 0.3) is 0 Å². The van der Waals surface area contributed by atoms with E-state index in [-0.39, 0.29) is 18.2 Å². The molecule has 0 aromatic rings. The largest absolute Gasteiger partial charge is 0.481 e. The van der Waals surface area contributed by atoms with Gasteiger partial charge in [-0.2, -0.15) is 0 Å². The average Bonchev–Trinajstić information content (AvgIpc) is 2.43. The van der Waals surface area contributed by atoms with Gasteiger partial charge in [-0.3, -0.25) is 9.59 Å². The molecule has 1 aliphatic heterocycles. The fourth-order valence-electron chi connectivity index (χ4n) is 1.31. The van der Waals surface area contributed by atoms with Gasteiger partial charge in [0.05, 0.1) is 12.3 Å². The summed E-state index contributed by atoms with van der Waals surface area (Å²) in [7, 11) is 0. The van der Waals surface area contributed by atoms with Gasteiger partial charge in [-0.25, -0.2) is 0 Å². The molecule has 0 saturated carbocycles. The van der Waals surface area contributed by atoms with E-state index >= 15 is 0 Å². The molecule has 1 atom stereocenters. The second-order valence-corrected chi connectivity index (χ2v) is 3.52. The zero-order valence-corrected chi connectivity index (χ0v) is 9.45. The molecule has 0 aromatic carbocycles. The molecule has 1 heterocycles. The lowest BCUT2D eigenvalue weighted by Crippen LogP contribution is -2.27. The maximum absolute atomic E-state index is 11.1. The summed E-state index contributed by atoms with van der Waals surface area (Å²) in [5.74, 6) is -0.625. The predicted molar refractivity (Wildman–Crippen MR) is 63.0 cm³/mol. The lowest BCUT2D eigenvalue weighted by Gasteiger charge is -2.05. The number of carbonyl (C=O) groups excluding carboxylic acids is 1. The SMILES string of the molecule is C=CC1CCCCNC1=O.C=CCC(=O)O. The number of hydrogen-bond acceptors (Lipinski definition) is 2. The Hall–Kier alpha value is -1.58. The van der Waals surface area contributed by atoms with Crippen molar-refractivity contribution in [3.63, 3.8) is 0 Å². The summed E-state index contributed by atoms with van der Waals surface area (Å²) in [4.78, 5) is 20.6. The number of carbonyl (C=O) groups is 2. The minimum absolute atomic E-state index is 0.0556. The first kappa shape index (κ1) is 14.4. The summed E-state index contributed by atoms with van der Waals surface area (Å²) in [5.41, 5.74) is 0. The van der Waals surface area contributed by atoms with Crippen LogP contribution in [0, 0.1) is 5.92 Å². The Morgan fingerprint density at radius 3 is 2.62 bits per heavy atom. The highest BCUT2D eigenvalue weighted by Crippen LogP contribution is 2.12. The lowest BCUT2D eigenvalue weighted by molar-refractivity contribution is -0.136. The lowest BCUT2D eigenvalue weighted by atomic mass is 10.0. The van der Waals surface area contributed by atoms with Gasteiger partial charge >= 0.3 is 5.97 Å². The van der Waals surface area contributed by atoms with Crippen molar-refractivity contribution in [2.45, 2.75) is 25.7 Å². The van der Waals surface area contributed by atoms with Gasteiger partial charge < -0.3 is 10.4 Å². The molecule has 4 nitrogen and oxygen atoms in total. The van der Waals surface area contributed by atoms with Crippen molar-refractivity contribution >= 4 is 11.9 Å². The average molecular weight is 225 g/mol. The van der Waals surface area contributed by atoms with Crippen LogP contribution >= 0.6 is 0 Å². The third-order valence-electron chi connectivity index (χ3n) is 2.18. The third-order valence-corrected chi connectivity index (χ3v) is 2.18. The Kier molecular flexibility index (Phi) is 7.85. The highest BCUT2D eigenvalue weighted by Gasteiger charge is 2.16. The summed E-state index contributed by atoms with van der Waals surface area (Å²) in [6.45, 7) is 7.67. The smallest absolute Gasteiger partial charge is 0.307 e. The minimum atomic E-state index is -0.829. The molecule has 1 saturated heterocycles. The first-order chi connectivity index (χ1) is 7.61. The van der Waals surface area contributed by atoms with E-state index in [1.165, 1.54) is 6.08 Å². The standard InChI is InChI=1S/C8H13NO.C4H6O2/c1-2-7-5-3-4-6-9-8(7)10;1-2-3-4(5)6/h2,7H,1,3-6H2,(H,9,10);2H,1,3H2,(H,5,6). The molecule has 2 N–H and O–H groups in total. The molecular weight excluding hydrogens is 206 g/mol. The van der Waals surface area contributed by atoms with Crippen LogP contribution in [0.2, 0.25) is 0 Å². The van der Waals surface area contributed by atoms with E-state index in [0.29, 0.717) is 0 Å². The van der Waals surface area contributed by atoms with Crippen molar-refractivity contribution in [1.29, 1.82) is 0 Å². The van der Waals surface area contributed by atoms with Gasteiger partial charge in [-0.15, -0.1) is 13.2 Å². The highest BCUT2D eigenvalue weighted by atomic mass is 16.4. The Labute approximate surface area is 96.0 Å². The fraction of sp³-hybridized carbons (Fsp3) is 0.500. The summed E-state index contributed by atoms with van der Waals surface area (Å²) < 4.78 is 0. The van der Waals surface area contributed by atoms with Crippen molar-refractivity contribution in [3.05, 3.63) is 25.3 Å². The van der Waals surface area contributed by atoms with Crippen molar-refractivity contribution in [2.75, 3.05) is 6.54 Å². The second-order valence-electron chi connectivity index (χ2n) is 3.52. The van der Waals surface area contributed by atoms with Crippen LogP contribution in [-0.4, -0.2) is 23.5 Å². The molecule has 0 aliphatic carbocycles. The maximum Gasteiger partial charge on any atom is 0.307 e.